The van der Waals surface area contributed by atoms with Crippen molar-refractivity contribution in [3.63, 3.8) is 0 Å². The van der Waals surface area contributed by atoms with E-state index in [4.69, 9.17) is 5.73 Å². The first-order chi connectivity index (χ1) is 8.60. The molecule has 1 rings (SSSR count). The number of amides is 1. The van der Waals surface area contributed by atoms with E-state index in [1.165, 1.54) is 23.9 Å². The summed E-state index contributed by atoms with van der Waals surface area (Å²) in [6.07, 6.45) is 2.49. The van der Waals surface area contributed by atoms with Crippen LogP contribution < -0.4 is 11.1 Å². The summed E-state index contributed by atoms with van der Waals surface area (Å²) in [4.78, 5) is 23.0. The molecule has 0 spiro atoms. The molecule has 1 aromatic rings. The van der Waals surface area contributed by atoms with Gasteiger partial charge in [-0.05, 0) is 31.4 Å². The molecular weight excluding hydrogens is 290 g/mol. The maximum atomic E-state index is 11.8. The first kappa shape index (κ1) is 17.7. The highest BCUT2D eigenvalue weighted by molar-refractivity contribution is 7.98. The second kappa shape index (κ2) is 8.73. The van der Waals surface area contributed by atoms with Crippen molar-refractivity contribution in [2.75, 3.05) is 19.3 Å². The number of nitrogens with two attached hydrogens (primary N) is 1. The Kier molecular flexibility index (Phi) is 8.13. The third-order valence-electron chi connectivity index (χ3n) is 2.31. The van der Waals surface area contributed by atoms with Crippen LogP contribution in [0.5, 0.6) is 0 Å². The van der Waals surface area contributed by atoms with Gasteiger partial charge in [0.15, 0.2) is 0 Å². The average Bonchev–Trinajstić information content (AvgIpc) is 2.38. The lowest BCUT2D eigenvalue weighted by molar-refractivity contribution is -0.385. The summed E-state index contributed by atoms with van der Waals surface area (Å²) in [7, 11) is 0. The van der Waals surface area contributed by atoms with Crippen molar-refractivity contribution in [3.8, 4) is 0 Å². The number of thioether (sulfide) groups is 1. The number of nitrogens with one attached hydrogen (secondary N) is 1. The monoisotopic (exact) mass is 305 g/mol. The summed E-state index contributed by atoms with van der Waals surface area (Å²) >= 11 is 1.43. The lowest BCUT2D eigenvalue weighted by atomic mass is 10.1. The SMILES string of the molecule is CSc1ccc([N+](=O)[O-])c(C(=O)NCCCN)c1.Cl. The number of rotatable bonds is 6. The fourth-order valence-electron chi connectivity index (χ4n) is 1.38. The van der Waals surface area contributed by atoms with Crippen LogP contribution in [0.3, 0.4) is 0 Å². The zero-order valence-corrected chi connectivity index (χ0v) is 12.1. The van der Waals surface area contributed by atoms with E-state index < -0.39 is 10.8 Å². The van der Waals surface area contributed by atoms with Crippen LogP contribution in [0.15, 0.2) is 23.1 Å². The Hall–Kier alpha value is -1.31. The van der Waals surface area contributed by atoms with Crippen molar-refractivity contribution in [1.82, 2.24) is 5.32 Å². The van der Waals surface area contributed by atoms with Crippen LogP contribution >= 0.6 is 24.2 Å². The molecule has 0 radical (unpaired) electrons. The Balaban J connectivity index is 0.00000324. The van der Waals surface area contributed by atoms with Gasteiger partial charge in [-0.15, -0.1) is 24.2 Å². The first-order valence-corrected chi connectivity index (χ1v) is 6.63. The third-order valence-corrected chi connectivity index (χ3v) is 3.04. The van der Waals surface area contributed by atoms with Crippen molar-refractivity contribution < 1.29 is 9.72 Å². The lowest BCUT2D eigenvalue weighted by Crippen LogP contribution is -2.26. The quantitative estimate of drug-likeness (QED) is 0.361. The largest absolute Gasteiger partial charge is 0.352 e. The van der Waals surface area contributed by atoms with Crippen LogP contribution in [0.4, 0.5) is 5.69 Å². The number of halogens is 1. The molecule has 0 fully saturated rings. The fraction of sp³-hybridized carbons (Fsp3) is 0.364. The van der Waals surface area contributed by atoms with Crippen LogP contribution in [-0.4, -0.2) is 30.2 Å². The van der Waals surface area contributed by atoms with E-state index in [-0.39, 0.29) is 23.7 Å². The van der Waals surface area contributed by atoms with Gasteiger partial charge in [0.05, 0.1) is 4.92 Å². The van der Waals surface area contributed by atoms with Crippen LogP contribution in [0.1, 0.15) is 16.8 Å². The van der Waals surface area contributed by atoms with E-state index >= 15 is 0 Å². The van der Waals surface area contributed by atoms with Crippen molar-refractivity contribution in [3.05, 3.63) is 33.9 Å². The summed E-state index contributed by atoms with van der Waals surface area (Å²) in [5.41, 5.74) is 5.22. The molecule has 3 N–H and O–H groups in total. The van der Waals surface area contributed by atoms with E-state index in [0.29, 0.717) is 19.5 Å². The normalized spacial score (nSPS) is 9.58. The molecule has 0 aliphatic heterocycles. The molecule has 0 bridgehead atoms. The van der Waals surface area contributed by atoms with Crippen molar-refractivity contribution in [2.45, 2.75) is 11.3 Å². The summed E-state index contributed by atoms with van der Waals surface area (Å²) in [5.74, 6) is -0.439. The van der Waals surface area contributed by atoms with Gasteiger partial charge in [-0.2, -0.15) is 0 Å². The zero-order chi connectivity index (χ0) is 13.5. The van der Waals surface area contributed by atoms with Crippen LogP contribution in [0.2, 0.25) is 0 Å². The number of benzene rings is 1. The molecule has 1 aromatic carbocycles. The van der Waals surface area contributed by atoms with E-state index in [9.17, 15) is 14.9 Å². The van der Waals surface area contributed by atoms with Gasteiger partial charge >= 0.3 is 0 Å². The minimum atomic E-state index is -0.554. The van der Waals surface area contributed by atoms with Gasteiger partial charge in [0.2, 0.25) is 0 Å². The number of nitro benzene ring substituents is 1. The second-order valence-corrected chi connectivity index (χ2v) is 4.42. The van der Waals surface area contributed by atoms with Crippen LogP contribution in [-0.2, 0) is 0 Å². The third kappa shape index (κ3) is 5.06. The highest BCUT2D eigenvalue weighted by atomic mass is 35.5. The predicted molar refractivity (Wildman–Crippen MR) is 78.1 cm³/mol. The number of nitro groups is 1. The molecule has 0 aliphatic carbocycles. The summed E-state index contributed by atoms with van der Waals surface area (Å²) < 4.78 is 0. The van der Waals surface area contributed by atoms with Gasteiger partial charge in [-0.1, -0.05) is 0 Å². The minimum Gasteiger partial charge on any atom is -0.352 e. The Morgan fingerprint density at radius 3 is 2.74 bits per heavy atom. The van der Waals surface area contributed by atoms with E-state index in [2.05, 4.69) is 5.32 Å². The highest BCUT2D eigenvalue weighted by Crippen LogP contribution is 2.24. The van der Waals surface area contributed by atoms with Gasteiger partial charge in [-0.3, -0.25) is 14.9 Å². The Morgan fingerprint density at radius 2 is 2.21 bits per heavy atom. The molecule has 0 heterocycles. The fourth-order valence-corrected chi connectivity index (χ4v) is 1.82. The molecule has 0 aromatic heterocycles. The van der Waals surface area contributed by atoms with Gasteiger partial charge in [-0.25, -0.2) is 0 Å². The summed E-state index contributed by atoms with van der Waals surface area (Å²) in [6.45, 7) is 0.878. The molecule has 0 atom stereocenters. The molecule has 8 heteroatoms. The first-order valence-electron chi connectivity index (χ1n) is 5.41. The molecule has 0 unspecified atom stereocenters. The van der Waals surface area contributed by atoms with E-state index in [1.54, 1.807) is 6.07 Å². The zero-order valence-electron chi connectivity index (χ0n) is 10.4. The molecule has 1 amide bonds. The van der Waals surface area contributed by atoms with Gasteiger partial charge in [0, 0.05) is 17.5 Å². The van der Waals surface area contributed by atoms with Gasteiger partial charge < -0.3 is 11.1 Å². The van der Waals surface area contributed by atoms with Crippen molar-refractivity contribution in [2.24, 2.45) is 5.73 Å². The van der Waals surface area contributed by atoms with E-state index in [1.807, 2.05) is 6.26 Å². The Bertz CT molecular complexity index is 457. The molecular formula is C11H16ClN3O3S. The minimum absolute atomic E-state index is 0. The molecule has 0 saturated heterocycles. The van der Waals surface area contributed by atoms with Gasteiger partial charge in [0.25, 0.3) is 11.6 Å². The number of hydrogen-bond donors (Lipinski definition) is 2. The standard InChI is InChI=1S/C11H15N3O3S.ClH/c1-18-8-3-4-10(14(16)17)9(7-8)11(15)13-6-2-5-12;/h3-4,7H,2,5-6,12H2,1H3,(H,13,15);1H. The Labute approximate surface area is 121 Å². The second-order valence-electron chi connectivity index (χ2n) is 3.54. The number of carbonyl (C=O) groups is 1. The maximum absolute atomic E-state index is 11.8. The molecule has 6 nitrogen and oxygen atoms in total. The average molecular weight is 306 g/mol. The highest BCUT2D eigenvalue weighted by Gasteiger charge is 2.20. The van der Waals surface area contributed by atoms with E-state index in [0.717, 1.165) is 4.90 Å². The van der Waals surface area contributed by atoms with Gasteiger partial charge in [0.1, 0.15) is 5.56 Å². The molecule has 106 valence electrons. The molecule has 0 aliphatic rings. The predicted octanol–water partition coefficient (Wildman–Crippen LogP) is 1.82. The number of nitrogens with zero attached hydrogens (tertiary/aromatic N) is 1. The van der Waals surface area contributed by atoms with Crippen molar-refractivity contribution in [1.29, 1.82) is 0 Å². The molecule has 0 saturated carbocycles. The van der Waals surface area contributed by atoms with Crippen LogP contribution in [0, 0.1) is 10.1 Å². The van der Waals surface area contributed by atoms with Crippen LogP contribution in [0.25, 0.3) is 0 Å². The summed E-state index contributed by atoms with van der Waals surface area (Å²) in [5, 5.41) is 13.5. The topological polar surface area (TPSA) is 98.3 Å². The smallest absolute Gasteiger partial charge is 0.282 e. The number of carbonyl (C=O) groups excluding carboxylic acids is 1. The number of hydrogen-bond acceptors (Lipinski definition) is 5. The summed E-state index contributed by atoms with van der Waals surface area (Å²) in [6, 6.07) is 4.50. The molecule has 19 heavy (non-hydrogen) atoms. The van der Waals surface area contributed by atoms with Crippen molar-refractivity contribution >= 4 is 35.8 Å². The maximum Gasteiger partial charge on any atom is 0.282 e. The lowest BCUT2D eigenvalue weighted by Gasteiger charge is -2.06. The Morgan fingerprint density at radius 1 is 1.53 bits per heavy atom.